The lowest BCUT2D eigenvalue weighted by atomic mass is 9.99. The molecule has 0 bridgehead atoms. The first kappa shape index (κ1) is 19.5. The van der Waals surface area contributed by atoms with Crippen molar-refractivity contribution >= 4 is 5.96 Å². The van der Waals surface area contributed by atoms with E-state index in [4.69, 9.17) is 9.26 Å². The number of rotatable bonds is 11. The molecule has 1 aromatic heterocycles. The molecule has 0 fully saturated rings. The van der Waals surface area contributed by atoms with Gasteiger partial charge in [0.2, 0.25) is 0 Å². The molecule has 0 radical (unpaired) electrons. The number of nitrogens with one attached hydrogen (secondary N) is 2. The summed E-state index contributed by atoms with van der Waals surface area (Å²) in [6, 6.07) is 2.04. The first-order valence-electron chi connectivity index (χ1n) is 8.72. The second kappa shape index (κ2) is 11.9. The monoisotopic (exact) mass is 324 g/mol. The third kappa shape index (κ3) is 7.50. The summed E-state index contributed by atoms with van der Waals surface area (Å²) in [6.07, 6.45) is 4.28. The topological polar surface area (TPSA) is 71.7 Å². The van der Waals surface area contributed by atoms with Crippen LogP contribution in [0, 0.1) is 0 Å². The Labute approximate surface area is 140 Å². The molecule has 0 aliphatic carbocycles. The Kier molecular flexibility index (Phi) is 10.1. The van der Waals surface area contributed by atoms with Gasteiger partial charge in [-0.15, -0.1) is 0 Å². The van der Waals surface area contributed by atoms with Crippen molar-refractivity contribution in [3.63, 3.8) is 0 Å². The van der Waals surface area contributed by atoms with Gasteiger partial charge in [0, 0.05) is 38.8 Å². The van der Waals surface area contributed by atoms with Gasteiger partial charge in [0.25, 0.3) is 0 Å². The number of aliphatic imine (C=N–C) groups is 1. The maximum Gasteiger partial charge on any atom is 0.191 e. The van der Waals surface area contributed by atoms with E-state index in [0.29, 0.717) is 12.5 Å². The molecule has 0 spiro atoms. The van der Waals surface area contributed by atoms with Gasteiger partial charge in [-0.25, -0.2) is 0 Å². The standard InChI is InChI=1S/C17H32N4O2/c1-5-14(6-2)16-12-15(23-21-16)13-20-17(18-4)19-10-8-9-11-22-7-3/h12,14H,5-11,13H2,1-4H3,(H2,18,19,20). The predicted molar refractivity (Wildman–Crippen MR) is 93.8 cm³/mol. The zero-order valence-corrected chi connectivity index (χ0v) is 15.0. The van der Waals surface area contributed by atoms with Crippen molar-refractivity contribution in [2.75, 3.05) is 26.8 Å². The Morgan fingerprint density at radius 2 is 2.04 bits per heavy atom. The lowest BCUT2D eigenvalue weighted by Crippen LogP contribution is -2.37. The van der Waals surface area contributed by atoms with E-state index < -0.39 is 0 Å². The lowest BCUT2D eigenvalue weighted by Gasteiger charge is -2.10. The maximum absolute atomic E-state index is 5.40. The first-order valence-corrected chi connectivity index (χ1v) is 8.72. The molecule has 6 nitrogen and oxygen atoms in total. The summed E-state index contributed by atoms with van der Waals surface area (Å²) in [5.41, 5.74) is 1.05. The molecule has 0 saturated carbocycles. The third-order valence-electron chi connectivity index (χ3n) is 3.85. The van der Waals surface area contributed by atoms with E-state index in [1.165, 1.54) is 0 Å². The van der Waals surface area contributed by atoms with Crippen molar-refractivity contribution in [2.24, 2.45) is 4.99 Å². The zero-order valence-electron chi connectivity index (χ0n) is 15.0. The number of ether oxygens (including phenoxy) is 1. The fourth-order valence-corrected chi connectivity index (χ4v) is 2.38. The molecule has 0 saturated heterocycles. The molecule has 0 aromatic carbocycles. The van der Waals surface area contributed by atoms with E-state index in [1.807, 2.05) is 13.0 Å². The van der Waals surface area contributed by atoms with Gasteiger partial charge in [0.05, 0.1) is 12.2 Å². The van der Waals surface area contributed by atoms with E-state index in [1.54, 1.807) is 7.05 Å². The van der Waals surface area contributed by atoms with Crippen molar-refractivity contribution in [1.29, 1.82) is 0 Å². The third-order valence-corrected chi connectivity index (χ3v) is 3.85. The zero-order chi connectivity index (χ0) is 16.9. The second-order valence-corrected chi connectivity index (χ2v) is 5.49. The molecule has 23 heavy (non-hydrogen) atoms. The fraction of sp³-hybridized carbons (Fsp3) is 0.765. The minimum absolute atomic E-state index is 0.482. The Bertz CT molecular complexity index is 442. The Morgan fingerprint density at radius 1 is 1.26 bits per heavy atom. The highest BCUT2D eigenvalue weighted by atomic mass is 16.5. The molecule has 132 valence electrons. The lowest BCUT2D eigenvalue weighted by molar-refractivity contribution is 0.143. The molecular formula is C17H32N4O2. The van der Waals surface area contributed by atoms with E-state index in [-0.39, 0.29) is 0 Å². The van der Waals surface area contributed by atoms with Crippen LogP contribution >= 0.6 is 0 Å². The molecule has 6 heteroatoms. The second-order valence-electron chi connectivity index (χ2n) is 5.49. The molecule has 2 N–H and O–H groups in total. The van der Waals surface area contributed by atoms with Gasteiger partial charge in [-0.3, -0.25) is 4.99 Å². The van der Waals surface area contributed by atoms with Crippen LogP contribution in [0.1, 0.15) is 63.8 Å². The summed E-state index contributed by atoms with van der Waals surface area (Å²) in [5.74, 6) is 2.10. The number of unbranched alkanes of at least 4 members (excludes halogenated alkanes) is 1. The molecule has 0 aliphatic heterocycles. The van der Waals surface area contributed by atoms with Crippen LogP contribution < -0.4 is 10.6 Å². The van der Waals surface area contributed by atoms with Gasteiger partial charge >= 0.3 is 0 Å². The summed E-state index contributed by atoms with van der Waals surface area (Å²) in [6.45, 7) is 9.44. The van der Waals surface area contributed by atoms with Crippen molar-refractivity contribution in [3.05, 3.63) is 17.5 Å². The SMILES string of the molecule is CCOCCCCNC(=NC)NCc1cc(C(CC)CC)no1. The molecule has 0 amide bonds. The molecule has 1 aromatic rings. The normalized spacial score (nSPS) is 12.0. The van der Waals surface area contributed by atoms with E-state index in [9.17, 15) is 0 Å². The highest BCUT2D eigenvalue weighted by Gasteiger charge is 2.13. The van der Waals surface area contributed by atoms with Gasteiger partial charge in [-0.05, 0) is 32.6 Å². The Balaban J connectivity index is 2.29. The van der Waals surface area contributed by atoms with Crippen LogP contribution in [-0.2, 0) is 11.3 Å². The quantitative estimate of drug-likeness (QED) is 0.372. The van der Waals surface area contributed by atoms with Crippen molar-refractivity contribution < 1.29 is 9.26 Å². The summed E-state index contributed by atoms with van der Waals surface area (Å²) in [5, 5.41) is 10.7. The minimum atomic E-state index is 0.482. The number of nitrogens with zero attached hydrogens (tertiary/aromatic N) is 2. The molecule has 1 heterocycles. The molecule has 1 rings (SSSR count). The van der Waals surface area contributed by atoms with Crippen molar-refractivity contribution in [1.82, 2.24) is 15.8 Å². The number of hydrogen-bond donors (Lipinski definition) is 2. The van der Waals surface area contributed by atoms with E-state index in [0.717, 1.165) is 62.9 Å². The summed E-state index contributed by atoms with van der Waals surface area (Å²) in [7, 11) is 1.77. The highest BCUT2D eigenvalue weighted by Crippen LogP contribution is 2.22. The summed E-state index contributed by atoms with van der Waals surface area (Å²) < 4.78 is 10.7. The average Bonchev–Trinajstić information content (AvgIpc) is 3.03. The average molecular weight is 324 g/mol. The van der Waals surface area contributed by atoms with E-state index >= 15 is 0 Å². The van der Waals surface area contributed by atoms with Gasteiger partial charge in [0.15, 0.2) is 11.7 Å². The summed E-state index contributed by atoms with van der Waals surface area (Å²) >= 11 is 0. The Hall–Kier alpha value is -1.56. The smallest absolute Gasteiger partial charge is 0.191 e. The van der Waals surface area contributed by atoms with Gasteiger partial charge in [0.1, 0.15) is 0 Å². The predicted octanol–water partition coefficient (Wildman–Crippen LogP) is 3.06. The highest BCUT2D eigenvalue weighted by molar-refractivity contribution is 5.79. The number of guanidine groups is 1. The van der Waals surface area contributed by atoms with Crippen LogP contribution in [0.25, 0.3) is 0 Å². The minimum Gasteiger partial charge on any atom is -0.382 e. The maximum atomic E-state index is 5.40. The number of hydrogen-bond acceptors (Lipinski definition) is 4. The van der Waals surface area contributed by atoms with Crippen LogP contribution in [0.5, 0.6) is 0 Å². The van der Waals surface area contributed by atoms with Crippen LogP contribution in [0.2, 0.25) is 0 Å². The molecular weight excluding hydrogens is 292 g/mol. The molecule has 0 unspecified atom stereocenters. The largest absolute Gasteiger partial charge is 0.382 e. The van der Waals surface area contributed by atoms with Crippen molar-refractivity contribution in [3.8, 4) is 0 Å². The van der Waals surface area contributed by atoms with Gasteiger partial charge in [-0.1, -0.05) is 19.0 Å². The molecule has 0 atom stereocenters. The van der Waals surface area contributed by atoms with Crippen molar-refractivity contribution in [2.45, 2.75) is 58.9 Å². The molecule has 0 aliphatic rings. The van der Waals surface area contributed by atoms with E-state index in [2.05, 4.69) is 34.6 Å². The fourth-order valence-electron chi connectivity index (χ4n) is 2.38. The van der Waals surface area contributed by atoms with Gasteiger partial charge in [-0.2, -0.15) is 0 Å². The number of aromatic nitrogens is 1. The Morgan fingerprint density at radius 3 is 2.70 bits per heavy atom. The van der Waals surface area contributed by atoms with Crippen LogP contribution in [-0.4, -0.2) is 37.9 Å². The van der Waals surface area contributed by atoms with Crippen LogP contribution in [0.4, 0.5) is 0 Å². The van der Waals surface area contributed by atoms with Crippen LogP contribution in [0.3, 0.4) is 0 Å². The first-order chi connectivity index (χ1) is 11.2. The summed E-state index contributed by atoms with van der Waals surface area (Å²) in [4.78, 5) is 4.21. The van der Waals surface area contributed by atoms with Crippen LogP contribution in [0.15, 0.2) is 15.6 Å². The van der Waals surface area contributed by atoms with Gasteiger partial charge < -0.3 is 19.9 Å².